The van der Waals surface area contributed by atoms with Crippen LogP contribution in [0.15, 0.2) is 29.6 Å². The average Bonchev–Trinajstić information content (AvgIpc) is 2.81. The summed E-state index contributed by atoms with van der Waals surface area (Å²) in [6, 6.07) is 9.10. The third kappa shape index (κ3) is 3.33. The maximum atomic E-state index is 6.43. The number of hydrogen-bond donors (Lipinski definition) is 1. The van der Waals surface area contributed by atoms with Crippen molar-refractivity contribution in [2.45, 2.75) is 45.6 Å². The van der Waals surface area contributed by atoms with Gasteiger partial charge in [0, 0.05) is 4.88 Å². The molecule has 1 nitrogen and oxygen atoms in total. The first kappa shape index (κ1) is 16.5. The Hall–Kier alpha value is -0.830. The Bertz CT molecular complexity index is 598. The fourth-order valence-corrected chi connectivity index (χ4v) is 3.86. The minimum absolute atomic E-state index is 0.162. The molecule has 0 fully saturated rings. The summed E-state index contributed by atoms with van der Waals surface area (Å²) in [4.78, 5) is 1.19. The first-order valence-corrected chi connectivity index (χ1v) is 8.67. The topological polar surface area (TPSA) is 12.0 Å². The summed E-state index contributed by atoms with van der Waals surface area (Å²) >= 11 is 8.15. The minimum atomic E-state index is 0.162. The second-order valence-corrected chi connectivity index (χ2v) is 7.47. The molecule has 0 radical (unpaired) electrons. The Morgan fingerprint density at radius 2 is 1.86 bits per heavy atom. The molecule has 0 saturated heterocycles. The van der Waals surface area contributed by atoms with Crippen LogP contribution in [-0.4, -0.2) is 7.05 Å². The van der Waals surface area contributed by atoms with Gasteiger partial charge < -0.3 is 5.32 Å². The lowest BCUT2D eigenvalue weighted by Crippen LogP contribution is -2.18. The van der Waals surface area contributed by atoms with Gasteiger partial charge in [-0.05, 0) is 47.9 Å². The summed E-state index contributed by atoms with van der Waals surface area (Å²) in [7, 11) is 1.99. The van der Waals surface area contributed by atoms with E-state index in [2.05, 4.69) is 62.7 Å². The van der Waals surface area contributed by atoms with Gasteiger partial charge in [0.2, 0.25) is 0 Å². The van der Waals surface area contributed by atoms with E-state index in [4.69, 9.17) is 11.6 Å². The molecule has 2 rings (SSSR count). The van der Waals surface area contributed by atoms with E-state index in [0.717, 1.165) is 17.0 Å². The molecule has 0 aliphatic heterocycles. The van der Waals surface area contributed by atoms with Gasteiger partial charge in [-0.2, -0.15) is 0 Å². The summed E-state index contributed by atoms with van der Waals surface area (Å²) in [5.41, 5.74) is 4.03. The molecule has 114 valence electrons. The third-order valence-corrected chi connectivity index (χ3v) is 6.16. The fraction of sp³-hybridized carbons (Fsp3) is 0.444. The third-order valence-electron chi connectivity index (χ3n) is 4.39. The molecule has 21 heavy (non-hydrogen) atoms. The zero-order valence-corrected chi connectivity index (χ0v) is 15.0. The molecule has 2 aromatic rings. The van der Waals surface area contributed by atoms with Crippen LogP contribution >= 0.6 is 22.9 Å². The molecular formula is C18H24ClNS. The number of aryl methyl sites for hydroxylation is 1. The quantitative estimate of drug-likeness (QED) is 0.744. The Balaban J connectivity index is 2.34. The number of hydrogen-bond acceptors (Lipinski definition) is 2. The number of nitrogens with one attached hydrogen (secondary N) is 1. The molecule has 1 aromatic carbocycles. The average molecular weight is 322 g/mol. The van der Waals surface area contributed by atoms with Crippen LogP contribution in [0.5, 0.6) is 0 Å². The molecule has 0 aliphatic carbocycles. The molecule has 0 saturated carbocycles. The predicted octanol–water partition coefficient (Wildman–Crippen LogP) is 5.71. The van der Waals surface area contributed by atoms with Gasteiger partial charge in [-0.25, -0.2) is 0 Å². The molecular weight excluding hydrogens is 298 g/mol. The normalized spacial score (nSPS) is 13.4. The number of benzene rings is 1. The Kier molecular flexibility index (Phi) is 5.13. The molecule has 0 bridgehead atoms. The fourth-order valence-electron chi connectivity index (χ4n) is 2.42. The molecule has 1 aromatic heterocycles. The van der Waals surface area contributed by atoms with Crippen molar-refractivity contribution in [1.29, 1.82) is 0 Å². The highest BCUT2D eigenvalue weighted by atomic mass is 35.5. The van der Waals surface area contributed by atoms with Gasteiger partial charge in [0.05, 0.1) is 11.1 Å². The van der Waals surface area contributed by atoms with Crippen LogP contribution in [0.3, 0.4) is 0 Å². The van der Waals surface area contributed by atoms with Gasteiger partial charge in [-0.3, -0.25) is 0 Å². The summed E-state index contributed by atoms with van der Waals surface area (Å²) in [6.07, 6.45) is 1.14. The van der Waals surface area contributed by atoms with Crippen molar-refractivity contribution in [3.05, 3.63) is 56.2 Å². The first-order chi connectivity index (χ1) is 9.90. The van der Waals surface area contributed by atoms with Gasteiger partial charge >= 0.3 is 0 Å². The van der Waals surface area contributed by atoms with Crippen molar-refractivity contribution >= 4 is 22.9 Å². The van der Waals surface area contributed by atoms with Crippen LogP contribution < -0.4 is 5.32 Å². The first-order valence-electron chi connectivity index (χ1n) is 7.42. The smallest absolute Gasteiger partial charge is 0.0683 e. The van der Waals surface area contributed by atoms with Gasteiger partial charge in [0.15, 0.2) is 0 Å². The molecule has 3 heteroatoms. The summed E-state index contributed by atoms with van der Waals surface area (Å²) in [5, 5.41) is 6.39. The molecule has 0 aliphatic rings. The van der Waals surface area contributed by atoms with Crippen LogP contribution in [0.2, 0.25) is 5.02 Å². The van der Waals surface area contributed by atoms with E-state index in [-0.39, 0.29) is 11.5 Å². The van der Waals surface area contributed by atoms with E-state index in [9.17, 15) is 0 Å². The van der Waals surface area contributed by atoms with Crippen molar-refractivity contribution in [1.82, 2.24) is 5.32 Å². The van der Waals surface area contributed by atoms with Crippen molar-refractivity contribution < 1.29 is 0 Å². The number of rotatable bonds is 5. The van der Waals surface area contributed by atoms with Gasteiger partial charge in [-0.1, -0.05) is 56.6 Å². The van der Waals surface area contributed by atoms with Crippen molar-refractivity contribution in [2.75, 3.05) is 7.05 Å². The standard InChI is InChI=1S/C18H24ClNS/c1-6-18(3,4)14-9-7-13(8-10-14)16(20-5)17-15(19)12(2)11-21-17/h7-11,16,20H,6H2,1-5H3. The summed E-state index contributed by atoms with van der Waals surface area (Å²) in [5.74, 6) is 0. The molecule has 1 heterocycles. The lowest BCUT2D eigenvalue weighted by Gasteiger charge is -2.24. The largest absolute Gasteiger partial charge is 0.309 e. The molecule has 0 spiro atoms. The van der Waals surface area contributed by atoms with Crippen LogP contribution in [0.4, 0.5) is 0 Å². The molecule has 1 N–H and O–H groups in total. The van der Waals surface area contributed by atoms with Crippen LogP contribution in [0.1, 0.15) is 54.8 Å². The van der Waals surface area contributed by atoms with Crippen molar-refractivity contribution in [3.63, 3.8) is 0 Å². The van der Waals surface area contributed by atoms with Crippen LogP contribution in [0.25, 0.3) is 0 Å². The molecule has 1 unspecified atom stereocenters. The van der Waals surface area contributed by atoms with Crippen molar-refractivity contribution in [2.24, 2.45) is 0 Å². The van der Waals surface area contributed by atoms with Crippen molar-refractivity contribution in [3.8, 4) is 0 Å². The zero-order chi connectivity index (χ0) is 15.6. The maximum Gasteiger partial charge on any atom is 0.0683 e. The minimum Gasteiger partial charge on any atom is -0.309 e. The highest BCUT2D eigenvalue weighted by Gasteiger charge is 2.21. The lowest BCUT2D eigenvalue weighted by molar-refractivity contribution is 0.506. The maximum absolute atomic E-state index is 6.43. The van der Waals surface area contributed by atoms with E-state index in [1.807, 2.05) is 7.05 Å². The number of thiophene rings is 1. The monoisotopic (exact) mass is 321 g/mol. The highest BCUT2D eigenvalue weighted by Crippen LogP contribution is 2.36. The van der Waals surface area contributed by atoms with E-state index in [1.165, 1.54) is 16.0 Å². The van der Waals surface area contributed by atoms with Gasteiger partial charge in [0.1, 0.15) is 0 Å². The van der Waals surface area contributed by atoms with Crippen LogP contribution in [0, 0.1) is 6.92 Å². The molecule has 0 amide bonds. The van der Waals surface area contributed by atoms with Gasteiger partial charge in [0.25, 0.3) is 0 Å². The second-order valence-electron chi connectivity index (χ2n) is 6.18. The number of halogens is 1. The summed E-state index contributed by atoms with van der Waals surface area (Å²) < 4.78 is 0. The molecule has 1 atom stereocenters. The summed E-state index contributed by atoms with van der Waals surface area (Å²) in [6.45, 7) is 8.87. The van der Waals surface area contributed by atoms with E-state index >= 15 is 0 Å². The van der Waals surface area contributed by atoms with Crippen LogP contribution in [-0.2, 0) is 5.41 Å². The Morgan fingerprint density at radius 3 is 2.29 bits per heavy atom. The zero-order valence-electron chi connectivity index (χ0n) is 13.5. The SMILES string of the molecule is CCC(C)(C)c1ccc(C(NC)c2scc(C)c2Cl)cc1. The predicted molar refractivity (Wildman–Crippen MR) is 94.7 cm³/mol. The van der Waals surface area contributed by atoms with Gasteiger partial charge in [-0.15, -0.1) is 11.3 Å². The Labute approximate surface area is 137 Å². The highest BCUT2D eigenvalue weighted by molar-refractivity contribution is 7.10. The lowest BCUT2D eigenvalue weighted by atomic mass is 9.82. The Morgan fingerprint density at radius 1 is 1.24 bits per heavy atom. The van der Waals surface area contributed by atoms with E-state index in [1.54, 1.807) is 11.3 Å². The van der Waals surface area contributed by atoms with E-state index < -0.39 is 0 Å². The second kappa shape index (κ2) is 6.51. The van der Waals surface area contributed by atoms with E-state index in [0.29, 0.717) is 0 Å².